The number of hydrogen-bond donors (Lipinski definition) is 0. The van der Waals surface area contributed by atoms with E-state index in [2.05, 4.69) is 5.10 Å². The third kappa shape index (κ3) is 2.87. The van der Waals surface area contributed by atoms with Crippen LogP contribution in [0, 0.1) is 0 Å². The van der Waals surface area contributed by atoms with Crippen LogP contribution in [-0.2, 0) is 7.05 Å². The van der Waals surface area contributed by atoms with Crippen molar-refractivity contribution in [3.05, 3.63) is 52.1 Å². The molecule has 0 saturated heterocycles. The second kappa shape index (κ2) is 6.95. The second-order valence-corrected chi connectivity index (χ2v) is 5.30. The van der Waals surface area contributed by atoms with Crippen LogP contribution in [0.4, 0.5) is 0 Å². The fourth-order valence-electron chi connectivity index (χ4n) is 2.30. The Hall–Kier alpha value is -1.84. The molecule has 0 fully saturated rings. The minimum Gasteiger partial charge on any atom is -0.296 e. The molecule has 3 nitrogen and oxygen atoms in total. The molecule has 0 unspecified atom stereocenters. The quantitative estimate of drug-likeness (QED) is 0.589. The van der Waals surface area contributed by atoms with Gasteiger partial charge in [-0.15, -0.1) is 0 Å². The molecule has 1 heterocycles. The summed E-state index contributed by atoms with van der Waals surface area (Å²) < 4.78 is 1.57. The molecule has 0 N–H and O–H groups in total. The number of nitrogens with zero attached hydrogens (tertiary/aromatic N) is 2. The summed E-state index contributed by atoms with van der Waals surface area (Å²) in [4.78, 5) is 11.2. The van der Waals surface area contributed by atoms with Gasteiger partial charge in [-0.2, -0.15) is 5.10 Å². The molecule has 0 radical (unpaired) electrons. The Balaban J connectivity index is 0.000000847. The fourth-order valence-corrected chi connectivity index (χ4v) is 2.81. The molecule has 114 valence electrons. The summed E-state index contributed by atoms with van der Waals surface area (Å²) in [7, 11) is 1.75. The Morgan fingerprint density at radius 1 is 1.09 bits per heavy atom. The minimum absolute atomic E-state index is 0.548. The zero-order chi connectivity index (χ0) is 16.3. The van der Waals surface area contributed by atoms with Gasteiger partial charge < -0.3 is 0 Å². The largest absolute Gasteiger partial charge is 0.296 e. The van der Waals surface area contributed by atoms with Gasteiger partial charge >= 0.3 is 0 Å². The summed E-state index contributed by atoms with van der Waals surface area (Å²) in [6.07, 6.45) is 0.808. The molecule has 3 rings (SSSR count). The predicted molar refractivity (Wildman–Crippen MR) is 92.9 cm³/mol. The number of halogens is 2. The molecule has 0 atom stereocenters. The van der Waals surface area contributed by atoms with Crippen LogP contribution in [0.5, 0.6) is 0 Å². The predicted octanol–water partition coefficient (Wildman–Crippen LogP) is 5.39. The van der Waals surface area contributed by atoms with Gasteiger partial charge in [0.25, 0.3) is 0 Å². The highest BCUT2D eigenvalue weighted by molar-refractivity contribution is 6.36. The second-order valence-electron chi connectivity index (χ2n) is 4.45. The van der Waals surface area contributed by atoms with E-state index in [0.717, 1.165) is 28.3 Å². The number of hydrogen-bond acceptors (Lipinski definition) is 2. The van der Waals surface area contributed by atoms with Crippen LogP contribution in [-0.4, -0.2) is 16.1 Å². The molecule has 0 aliphatic heterocycles. The highest BCUT2D eigenvalue weighted by Crippen LogP contribution is 2.34. The maximum Gasteiger partial charge on any atom is 0.168 e. The Morgan fingerprint density at radius 2 is 1.82 bits per heavy atom. The van der Waals surface area contributed by atoms with Crippen LogP contribution in [0.3, 0.4) is 0 Å². The van der Waals surface area contributed by atoms with Gasteiger partial charge in [0, 0.05) is 33.6 Å². The molecule has 0 aliphatic carbocycles. The highest BCUT2D eigenvalue weighted by Gasteiger charge is 2.14. The molecule has 1 aromatic heterocycles. The van der Waals surface area contributed by atoms with Crippen molar-refractivity contribution < 1.29 is 4.79 Å². The first-order chi connectivity index (χ1) is 10.6. The molecule has 0 aliphatic rings. The van der Waals surface area contributed by atoms with E-state index in [4.69, 9.17) is 23.2 Å². The van der Waals surface area contributed by atoms with Crippen LogP contribution in [0.1, 0.15) is 24.3 Å². The Kier molecular flexibility index (Phi) is 5.22. The third-order valence-corrected chi connectivity index (χ3v) is 3.79. The lowest BCUT2D eigenvalue weighted by Gasteiger charge is -2.05. The highest BCUT2D eigenvalue weighted by atomic mass is 35.5. The Morgan fingerprint density at radius 3 is 2.45 bits per heavy atom. The summed E-state index contributed by atoms with van der Waals surface area (Å²) in [6.45, 7) is 4.00. The maximum atomic E-state index is 11.2. The first-order valence-corrected chi connectivity index (χ1v) is 7.73. The van der Waals surface area contributed by atoms with Gasteiger partial charge in [-0.1, -0.05) is 61.3 Å². The first kappa shape index (κ1) is 16.5. The number of aldehydes is 1. The number of carbonyl (C=O) groups is 1. The summed E-state index contributed by atoms with van der Waals surface area (Å²) in [5.74, 6) is 0. The van der Waals surface area contributed by atoms with Gasteiger partial charge in [0.1, 0.15) is 11.2 Å². The van der Waals surface area contributed by atoms with Crippen molar-refractivity contribution in [1.29, 1.82) is 0 Å². The van der Waals surface area contributed by atoms with Gasteiger partial charge in [-0.25, -0.2) is 0 Å². The molecule has 0 spiro atoms. The van der Waals surface area contributed by atoms with Crippen LogP contribution < -0.4 is 0 Å². The third-order valence-electron chi connectivity index (χ3n) is 3.24. The minimum atomic E-state index is 0.548. The van der Waals surface area contributed by atoms with Gasteiger partial charge in [0.15, 0.2) is 6.29 Å². The Bertz CT molecular complexity index is 825. The van der Waals surface area contributed by atoms with Crippen molar-refractivity contribution in [2.24, 2.45) is 7.05 Å². The molecular formula is C17H16Cl2N2O. The summed E-state index contributed by atoms with van der Waals surface area (Å²) in [5, 5.41) is 6.37. The maximum absolute atomic E-state index is 11.2. The van der Waals surface area contributed by atoms with Gasteiger partial charge in [0.2, 0.25) is 0 Å². The first-order valence-electron chi connectivity index (χ1n) is 6.98. The van der Waals surface area contributed by atoms with E-state index < -0.39 is 0 Å². The van der Waals surface area contributed by atoms with E-state index in [1.807, 2.05) is 38.1 Å². The smallest absolute Gasteiger partial charge is 0.168 e. The van der Waals surface area contributed by atoms with Crippen molar-refractivity contribution in [3.63, 3.8) is 0 Å². The fraction of sp³-hybridized carbons (Fsp3) is 0.176. The van der Waals surface area contributed by atoms with Crippen molar-refractivity contribution >= 4 is 40.4 Å². The molecule has 3 aromatic rings. The van der Waals surface area contributed by atoms with E-state index in [1.165, 1.54) is 0 Å². The van der Waals surface area contributed by atoms with E-state index >= 15 is 0 Å². The summed E-state index contributed by atoms with van der Waals surface area (Å²) in [6, 6.07) is 11.0. The lowest BCUT2D eigenvalue weighted by molar-refractivity contribution is 0.111. The van der Waals surface area contributed by atoms with Gasteiger partial charge in [-0.05, 0) is 12.1 Å². The monoisotopic (exact) mass is 334 g/mol. The van der Waals surface area contributed by atoms with Crippen LogP contribution in [0.25, 0.3) is 22.0 Å². The lowest BCUT2D eigenvalue weighted by Crippen LogP contribution is -1.95. The van der Waals surface area contributed by atoms with Gasteiger partial charge in [-0.3, -0.25) is 9.48 Å². The molecule has 0 amide bonds. The molecule has 5 heteroatoms. The number of carbonyl (C=O) groups excluding carboxylic acids is 1. The standard InChI is InChI=1S/C15H10Cl2N2O.C2H6/c1-19-14(8-20)12-4-2-3-11(15(12)18-19)10-6-5-9(16)7-13(10)17;1-2/h2-8H,1H3;1-2H3. The van der Waals surface area contributed by atoms with Crippen molar-refractivity contribution in [2.45, 2.75) is 13.8 Å². The summed E-state index contributed by atoms with van der Waals surface area (Å²) in [5.41, 5.74) is 3.03. The molecule has 2 aromatic carbocycles. The summed E-state index contributed by atoms with van der Waals surface area (Å²) >= 11 is 12.2. The van der Waals surface area contributed by atoms with Crippen molar-refractivity contribution in [2.75, 3.05) is 0 Å². The topological polar surface area (TPSA) is 34.9 Å². The number of aryl methyl sites for hydroxylation is 1. The number of aromatic nitrogens is 2. The SMILES string of the molecule is CC.Cn1nc2c(-c3ccc(Cl)cc3Cl)cccc2c1C=O. The van der Waals surface area contributed by atoms with E-state index in [9.17, 15) is 4.79 Å². The lowest BCUT2D eigenvalue weighted by atomic mass is 10.0. The zero-order valence-corrected chi connectivity index (χ0v) is 14.1. The number of fused-ring (bicyclic) bond motifs is 1. The van der Waals surface area contributed by atoms with Gasteiger partial charge in [0.05, 0.1) is 0 Å². The van der Waals surface area contributed by atoms with E-state index in [0.29, 0.717) is 15.7 Å². The average Bonchev–Trinajstić information content (AvgIpc) is 2.84. The van der Waals surface area contributed by atoms with Crippen LogP contribution >= 0.6 is 23.2 Å². The van der Waals surface area contributed by atoms with E-state index in [-0.39, 0.29) is 0 Å². The van der Waals surface area contributed by atoms with Crippen LogP contribution in [0.15, 0.2) is 36.4 Å². The van der Waals surface area contributed by atoms with Crippen molar-refractivity contribution in [3.8, 4) is 11.1 Å². The van der Waals surface area contributed by atoms with Crippen molar-refractivity contribution in [1.82, 2.24) is 9.78 Å². The number of benzene rings is 2. The molecule has 0 saturated carbocycles. The van der Waals surface area contributed by atoms with Crippen LogP contribution in [0.2, 0.25) is 10.0 Å². The average molecular weight is 335 g/mol. The molecule has 22 heavy (non-hydrogen) atoms. The molecular weight excluding hydrogens is 319 g/mol. The Labute approximate surface area is 139 Å². The van der Waals surface area contributed by atoms with E-state index in [1.54, 1.807) is 23.9 Å². The number of rotatable bonds is 2. The normalized spacial score (nSPS) is 10.2. The molecule has 0 bridgehead atoms. The zero-order valence-electron chi connectivity index (χ0n) is 12.6.